The Bertz CT molecular complexity index is 960. The highest BCUT2D eigenvalue weighted by atomic mass is 35.5. The monoisotopic (exact) mass is 396 g/mol. The molecule has 1 aromatic heterocycles. The molecule has 5 nitrogen and oxygen atoms in total. The maximum absolute atomic E-state index is 13.5. The van der Waals surface area contributed by atoms with E-state index in [1.807, 2.05) is 26.0 Å². The molecule has 0 fully saturated rings. The summed E-state index contributed by atoms with van der Waals surface area (Å²) >= 11 is 5.93. The first-order valence-electron chi connectivity index (χ1n) is 7.92. The van der Waals surface area contributed by atoms with Gasteiger partial charge in [0.25, 0.3) is 0 Å². The number of sulfonamides is 1. The van der Waals surface area contributed by atoms with E-state index >= 15 is 0 Å². The largest absolute Gasteiger partial charge is 0.486 e. The summed E-state index contributed by atoms with van der Waals surface area (Å²) in [6.07, 6.45) is 4.71. The summed E-state index contributed by atoms with van der Waals surface area (Å²) in [6.45, 7) is 3.89. The summed E-state index contributed by atoms with van der Waals surface area (Å²) in [7, 11) is -3.79. The molecule has 0 aliphatic carbocycles. The number of aromatic nitrogens is 1. The number of nitrogens with one attached hydrogen (secondary N) is 1. The molecule has 0 unspecified atom stereocenters. The standard InChI is InChI=1S/C18H18ClFN2O3S/c1-18(2,13-3-5-21-6-4-13)11-22-26(23,24)15-8-12-7-14(20)9-16(19)17(12)25-10-15/h3-9,22H,10-11H2,1-2H3. The normalized spacial score (nSPS) is 14.4. The van der Waals surface area contributed by atoms with Crippen LogP contribution in [0.3, 0.4) is 0 Å². The summed E-state index contributed by atoms with van der Waals surface area (Å²) < 4.78 is 46.9. The number of hydrogen-bond acceptors (Lipinski definition) is 4. The molecule has 1 N–H and O–H groups in total. The molecule has 8 heteroatoms. The summed E-state index contributed by atoms with van der Waals surface area (Å²) in [5, 5.41) is 0.111. The Morgan fingerprint density at radius 1 is 1.31 bits per heavy atom. The van der Waals surface area contributed by atoms with Crippen molar-refractivity contribution >= 4 is 27.7 Å². The number of halogens is 2. The van der Waals surface area contributed by atoms with E-state index in [0.717, 1.165) is 11.6 Å². The van der Waals surface area contributed by atoms with Crippen LogP contribution in [-0.2, 0) is 15.4 Å². The van der Waals surface area contributed by atoms with E-state index in [1.54, 1.807) is 12.4 Å². The molecule has 0 atom stereocenters. The molecular formula is C18H18ClFN2O3S. The molecule has 0 saturated carbocycles. The highest BCUT2D eigenvalue weighted by Crippen LogP contribution is 2.35. The molecule has 0 saturated heterocycles. The molecule has 1 aliphatic rings. The Hall–Kier alpha value is -1.96. The predicted molar refractivity (Wildman–Crippen MR) is 99.1 cm³/mol. The highest BCUT2D eigenvalue weighted by Gasteiger charge is 2.28. The number of nitrogens with zero attached hydrogens (tertiary/aromatic N) is 1. The van der Waals surface area contributed by atoms with Crippen LogP contribution < -0.4 is 9.46 Å². The molecule has 0 amide bonds. The van der Waals surface area contributed by atoms with E-state index < -0.39 is 21.3 Å². The zero-order valence-corrected chi connectivity index (χ0v) is 15.9. The van der Waals surface area contributed by atoms with Gasteiger partial charge in [0.2, 0.25) is 10.0 Å². The molecule has 26 heavy (non-hydrogen) atoms. The zero-order valence-electron chi connectivity index (χ0n) is 14.3. The molecule has 0 spiro atoms. The molecule has 0 bridgehead atoms. The average Bonchev–Trinajstić information content (AvgIpc) is 2.60. The third-order valence-corrected chi connectivity index (χ3v) is 5.95. The van der Waals surface area contributed by atoms with Gasteiger partial charge in [-0.25, -0.2) is 17.5 Å². The van der Waals surface area contributed by atoms with Crippen molar-refractivity contribution in [3.63, 3.8) is 0 Å². The molecular weight excluding hydrogens is 379 g/mol. The third-order valence-electron chi connectivity index (χ3n) is 4.22. The van der Waals surface area contributed by atoms with Crippen molar-refractivity contribution in [2.24, 2.45) is 0 Å². The van der Waals surface area contributed by atoms with E-state index in [2.05, 4.69) is 9.71 Å². The van der Waals surface area contributed by atoms with Crippen molar-refractivity contribution in [1.82, 2.24) is 9.71 Å². The van der Waals surface area contributed by atoms with Gasteiger partial charge in [-0.1, -0.05) is 25.4 Å². The van der Waals surface area contributed by atoms with Gasteiger partial charge in [0.1, 0.15) is 18.2 Å². The fraction of sp³-hybridized carbons (Fsp3) is 0.278. The number of pyridine rings is 1. The Balaban J connectivity index is 1.82. The lowest BCUT2D eigenvalue weighted by molar-refractivity contribution is 0.352. The van der Waals surface area contributed by atoms with Gasteiger partial charge in [-0.2, -0.15) is 0 Å². The average molecular weight is 397 g/mol. The topological polar surface area (TPSA) is 68.3 Å². The van der Waals surface area contributed by atoms with Gasteiger partial charge < -0.3 is 4.74 Å². The molecule has 1 aliphatic heterocycles. The number of hydrogen-bond donors (Lipinski definition) is 1. The van der Waals surface area contributed by atoms with Crippen LogP contribution in [0.15, 0.2) is 41.6 Å². The van der Waals surface area contributed by atoms with Gasteiger partial charge in [0, 0.05) is 29.9 Å². The second-order valence-electron chi connectivity index (χ2n) is 6.65. The second kappa shape index (κ2) is 6.98. The SMILES string of the molecule is CC(C)(CNS(=O)(=O)C1=Cc2cc(F)cc(Cl)c2OC1)c1ccncc1. The molecule has 0 radical (unpaired) electrons. The first-order valence-corrected chi connectivity index (χ1v) is 9.78. The van der Waals surface area contributed by atoms with E-state index in [-0.39, 0.29) is 28.8 Å². The van der Waals surface area contributed by atoms with Crippen molar-refractivity contribution in [2.75, 3.05) is 13.2 Å². The first kappa shape index (κ1) is 18.8. The van der Waals surface area contributed by atoms with Gasteiger partial charge in [-0.3, -0.25) is 4.98 Å². The Morgan fingerprint density at radius 3 is 2.69 bits per heavy atom. The summed E-state index contributed by atoms with van der Waals surface area (Å²) in [5.74, 6) is -0.275. The number of fused-ring (bicyclic) bond motifs is 1. The summed E-state index contributed by atoms with van der Waals surface area (Å²) in [5.41, 5.74) is 0.831. The fourth-order valence-corrected chi connectivity index (χ4v) is 4.13. The lowest BCUT2D eigenvalue weighted by Crippen LogP contribution is -2.38. The van der Waals surface area contributed by atoms with Crippen LogP contribution in [0.2, 0.25) is 5.02 Å². The molecule has 2 aromatic rings. The highest BCUT2D eigenvalue weighted by molar-refractivity contribution is 7.93. The van der Waals surface area contributed by atoms with Crippen LogP contribution in [0.25, 0.3) is 6.08 Å². The van der Waals surface area contributed by atoms with Crippen molar-refractivity contribution < 1.29 is 17.5 Å². The molecule has 2 heterocycles. The number of rotatable bonds is 5. The molecule has 138 valence electrons. The minimum atomic E-state index is -3.79. The minimum Gasteiger partial charge on any atom is -0.486 e. The van der Waals surface area contributed by atoms with Crippen LogP contribution >= 0.6 is 11.6 Å². The summed E-state index contributed by atoms with van der Waals surface area (Å²) in [4.78, 5) is 4.00. The maximum atomic E-state index is 13.5. The molecule has 3 rings (SSSR count). The zero-order chi connectivity index (χ0) is 18.9. The van der Waals surface area contributed by atoms with E-state index in [0.29, 0.717) is 5.56 Å². The van der Waals surface area contributed by atoms with E-state index in [1.165, 1.54) is 12.1 Å². The van der Waals surface area contributed by atoms with Crippen LogP contribution in [0.4, 0.5) is 4.39 Å². The van der Waals surface area contributed by atoms with Gasteiger partial charge in [-0.15, -0.1) is 0 Å². The smallest absolute Gasteiger partial charge is 0.240 e. The lowest BCUT2D eigenvalue weighted by Gasteiger charge is -2.26. The molecule has 1 aromatic carbocycles. The Kier molecular flexibility index (Phi) is 5.05. The van der Waals surface area contributed by atoms with Gasteiger partial charge in [-0.05, 0) is 35.9 Å². The second-order valence-corrected chi connectivity index (χ2v) is 8.88. The first-order chi connectivity index (χ1) is 12.2. The lowest BCUT2D eigenvalue weighted by atomic mass is 9.86. The third kappa shape index (κ3) is 3.90. The van der Waals surface area contributed by atoms with Crippen LogP contribution in [0.5, 0.6) is 5.75 Å². The van der Waals surface area contributed by atoms with Crippen LogP contribution in [-0.4, -0.2) is 26.6 Å². The summed E-state index contributed by atoms with van der Waals surface area (Å²) in [6, 6.07) is 6.01. The predicted octanol–water partition coefficient (Wildman–Crippen LogP) is 3.50. The van der Waals surface area contributed by atoms with Crippen molar-refractivity contribution in [2.45, 2.75) is 19.3 Å². The van der Waals surface area contributed by atoms with Crippen molar-refractivity contribution in [3.05, 3.63) is 63.5 Å². The Labute approximate surface area is 156 Å². The number of benzene rings is 1. The number of ether oxygens (including phenoxy) is 1. The van der Waals surface area contributed by atoms with Gasteiger partial charge >= 0.3 is 0 Å². The Morgan fingerprint density at radius 2 is 2.00 bits per heavy atom. The van der Waals surface area contributed by atoms with E-state index in [9.17, 15) is 12.8 Å². The fourth-order valence-electron chi connectivity index (χ4n) is 2.63. The van der Waals surface area contributed by atoms with Crippen LogP contribution in [0.1, 0.15) is 25.0 Å². The van der Waals surface area contributed by atoms with Crippen LogP contribution in [0, 0.1) is 5.82 Å². The van der Waals surface area contributed by atoms with Gasteiger partial charge in [0.15, 0.2) is 0 Å². The van der Waals surface area contributed by atoms with Gasteiger partial charge in [0.05, 0.1) is 9.93 Å². The van der Waals surface area contributed by atoms with Crippen molar-refractivity contribution in [1.29, 1.82) is 0 Å². The van der Waals surface area contributed by atoms with Crippen molar-refractivity contribution in [3.8, 4) is 5.75 Å². The maximum Gasteiger partial charge on any atom is 0.240 e. The quantitative estimate of drug-likeness (QED) is 0.839. The van der Waals surface area contributed by atoms with E-state index in [4.69, 9.17) is 16.3 Å². The minimum absolute atomic E-state index is 0.0252.